The lowest BCUT2D eigenvalue weighted by Crippen LogP contribution is -2.33. The van der Waals surface area contributed by atoms with Crippen LogP contribution in [0.25, 0.3) is 11.3 Å². The quantitative estimate of drug-likeness (QED) is 0.653. The first-order chi connectivity index (χ1) is 13.2. The van der Waals surface area contributed by atoms with E-state index in [9.17, 15) is 4.79 Å². The number of carbonyl (C=O) groups is 1. The average molecular weight is 362 g/mol. The zero-order valence-corrected chi connectivity index (χ0v) is 15.3. The highest BCUT2D eigenvalue weighted by atomic mass is 16.5. The van der Waals surface area contributed by atoms with Crippen molar-refractivity contribution in [3.63, 3.8) is 0 Å². The van der Waals surface area contributed by atoms with Gasteiger partial charge in [-0.05, 0) is 36.8 Å². The molecule has 1 aromatic carbocycles. The van der Waals surface area contributed by atoms with E-state index in [-0.39, 0.29) is 5.97 Å². The summed E-state index contributed by atoms with van der Waals surface area (Å²) >= 11 is 0. The molecule has 0 unspecified atom stereocenters. The SMILES string of the molecule is CCOC(=O)c1cc2n(n1)CCN(Cc1cccc(-c3ccccn3)c1)C2. The van der Waals surface area contributed by atoms with Gasteiger partial charge in [0.05, 0.1) is 24.5 Å². The molecule has 0 atom stereocenters. The van der Waals surface area contributed by atoms with Crippen LogP contribution in [0.2, 0.25) is 0 Å². The van der Waals surface area contributed by atoms with Gasteiger partial charge in [-0.3, -0.25) is 14.6 Å². The number of carbonyl (C=O) groups excluding carboxylic acids is 1. The number of hydrogen-bond donors (Lipinski definition) is 0. The van der Waals surface area contributed by atoms with Gasteiger partial charge in [-0.25, -0.2) is 4.79 Å². The van der Waals surface area contributed by atoms with E-state index in [0.717, 1.165) is 43.1 Å². The zero-order chi connectivity index (χ0) is 18.6. The number of pyridine rings is 1. The summed E-state index contributed by atoms with van der Waals surface area (Å²) in [6, 6.07) is 16.3. The first-order valence-electron chi connectivity index (χ1n) is 9.19. The predicted molar refractivity (Wildman–Crippen MR) is 102 cm³/mol. The molecule has 0 bridgehead atoms. The van der Waals surface area contributed by atoms with Crippen LogP contribution in [0.1, 0.15) is 28.7 Å². The summed E-state index contributed by atoms with van der Waals surface area (Å²) in [5.74, 6) is -0.353. The molecule has 0 saturated heterocycles. The number of esters is 1. The van der Waals surface area contributed by atoms with Crippen molar-refractivity contribution in [2.24, 2.45) is 0 Å². The highest BCUT2D eigenvalue weighted by Crippen LogP contribution is 2.21. The second-order valence-corrected chi connectivity index (χ2v) is 6.59. The molecule has 138 valence electrons. The van der Waals surface area contributed by atoms with Crippen molar-refractivity contribution in [2.75, 3.05) is 13.2 Å². The van der Waals surface area contributed by atoms with Crippen molar-refractivity contribution in [3.8, 4) is 11.3 Å². The summed E-state index contributed by atoms with van der Waals surface area (Å²) in [4.78, 5) is 18.7. The van der Waals surface area contributed by atoms with E-state index >= 15 is 0 Å². The molecule has 0 spiro atoms. The van der Waals surface area contributed by atoms with Crippen molar-refractivity contribution >= 4 is 5.97 Å². The van der Waals surface area contributed by atoms with Crippen LogP contribution in [0.5, 0.6) is 0 Å². The normalized spacial score (nSPS) is 14.0. The van der Waals surface area contributed by atoms with Crippen molar-refractivity contribution in [1.82, 2.24) is 19.7 Å². The highest BCUT2D eigenvalue weighted by molar-refractivity contribution is 5.87. The smallest absolute Gasteiger partial charge is 0.358 e. The number of hydrogen-bond acceptors (Lipinski definition) is 5. The molecule has 0 radical (unpaired) electrons. The van der Waals surface area contributed by atoms with Gasteiger partial charge in [0, 0.05) is 31.4 Å². The molecule has 0 N–H and O–H groups in total. The van der Waals surface area contributed by atoms with E-state index in [4.69, 9.17) is 4.74 Å². The van der Waals surface area contributed by atoms with E-state index in [1.54, 1.807) is 6.92 Å². The molecule has 4 rings (SSSR count). The number of aromatic nitrogens is 3. The number of benzene rings is 1. The molecular weight excluding hydrogens is 340 g/mol. The Morgan fingerprint density at radius 3 is 2.89 bits per heavy atom. The van der Waals surface area contributed by atoms with Crippen LogP contribution in [-0.2, 0) is 24.4 Å². The maximum Gasteiger partial charge on any atom is 0.358 e. The summed E-state index contributed by atoms with van der Waals surface area (Å²) in [6.45, 7) is 5.44. The lowest BCUT2D eigenvalue weighted by molar-refractivity contribution is 0.0518. The maximum absolute atomic E-state index is 11.9. The molecule has 27 heavy (non-hydrogen) atoms. The molecule has 1 aliphatic rings. The fourth-order valence-corrected chi connectivity index (χ4v) is 3.38. The standard InChI is InChI=1S/C21H22N4O2/c1-2-27-21(26)20-13-18-15-24(10-11-25(18)23-20)14-16-6-5-7-17(12-16)19-8-3-4-9-22-19/h3-9,12-13H,2,10-11,14-15H2,1H3. The molecule has 6 heteroatoms. The van der Waals surface area contributed by atoms with Crippen LogP contribution in [0.3, 0.4) is 0 Å². The summed E-state index contributed by atoms with van der Waals surface area (Å²) in [7, 11) is 0. The minimum Gasteiger partial charge on any atom is -0.461 e. The number of fused-ring (bicyclic) bond motifs is 1. The first-order valence-corrected chi connectivity index (χ1v) is 9.19. The highest BCUT2D eigenvalue weighted by Gasteiger charge is 2.21. The fraction of sp³-hybridized carbons (Fsp3) is 0.286. The van der Waals surface area contributed by atoms with Crippen molar-refractivity contribution in [2.45, 2.75) is 26.6 Å². The number of ether oxygens (including phenoxy) is 1. The Hall–Kier alpha value is -2.99. The second-order valence-electron chi connectivity index (χ2n) is 6.59. The summed E-state index contributed by atoms with van der Waals surface area (Å²) < 4.78 is 6.96. The van der Waals surface area contributed by atoms with E-state index in [2.05, 4.69) is 39.2 Å². The lowest BCUT2D eigenvalue weighted by atomic mass is 10.1. The minimum atomic E-state index is -0.353. The summed E-state index contributed by atoms with van der Waals surface area (Å²) in [5, 5.41) is 4.37. The molecule has 0 aliphatic carbocycles. The van der Waals surface area contributed by atoms with Crippen molar-refractivity contribution < 1.29 is 9.53 Å². The van der Waals surface area contributed by atoms with Crippen LogP contribution < -0.4 is 0 Å². The molecular formula is C21H22N4O2. The fourth-order valence-electron chi connectivity index (χ4n) is 3.38. The third-order valence-corrected chi connectivity index (χ3v) is 4.66. The first kappa shape index (κ1) is 17.4. The third-order valence-electron chi connectivity index (χ3n) is 4.66. The summed E-state index contributed by atoms with van der Waals surface area (Å²) in [6.07, 6.45) is 1.81. The van der Waals surface area contributed by atoms with Crippen LogP contribution >= 0.6 is 0 Å². The Morgan fingerprint density at radius 1 is 1.15 bits per heavy atom. The van der Waals surface area contributed by atoms with Crippen molar-refractivity contribution in [1.29, 1.82) is 0 Å². The van der Waals surface area contributed by atoms with Gasteiger partial charge in [0.2, 0.25) is 0 Å². The molecule has 3 heterocycles. The van der Waals surface area contributed by atoms with Gasteiger partial charge >= 0.3 is 5.97 Å². The molecule has 0 saturated carbocycles. The Balaban J connectivity index is 1.47. The van der Waals surface area contributed by atoms with Crippen LogP contribution in [0.15, 0.2) is 54.7 Å². The Labute approximate surface area is 158 Å². The molecule has 2 aromatic heterocycles. The van der Waals surface area contributed by atoms with Gasteiger partial charge in [-0.15, -0.1) is 0 Å². The molecule has 1 aliphatic heterocycles. The summed E-state index contributed by atoms with van der Waals surface area (Å²) in [5.41, 5.74) is 4.79. The van der Waals surface area contributed by atoms with E-state index in [1.165, 1.54) is 5.56 Å². The van der Waals surface area contributed by atoms with Gasteiger partial charge in [0.25, 0.3) is 0 Å². The third kappa shape index (κ3) is 3.90. The van der Waals surface area contributed by atoms with E-state index in [1.807, 2.05) is 35.1 Å². The average Bonchev–Trinajstić information content (AvgIpc) is 3.13. The lowest BCUT2D eigenvalue weighted by Gasteiger charge is -2.27. The molecule has 0 amide bonds. The van der Waals surface area contributed by atoms with E-state index < -0.39 is 0 Å². The second kappa shape index (κ2) is 7.72. The van der Waals surface area contributed by atoms with Crippen LogP contribution in [-0.4, -0.2) is 38.8 Å². The van der Waals surface area contributed by atoms with Crippen molar-refractivity contribution in [3.05, 3.63) is 71.7 Å². The predicted octanol–water partition coefficient (Wildman–Crippen LogP) is 3.14. The van der Waals surface area contributed by atoms with Gasteiger partial charge in [0.1, 0.15) is 0 Å². The van der Waals surface area contributed by atoms with Gasteiger partial charge in [0.15, 0.2) is 5.69 Å². The van der Waals surface area contributed by atoms with Gasteiger partial charge in [-0.1, -0.05) is 24.3 Å². The molecule has 6 nitrogen and oxygen atoms in total. The zero-order valence-electron chi connectivity index (χ0n) is 15.3. The van der Waals surface area contributed by atoms with Gasteiger partial charge in [-0.2, -0.15) is 5.10 Å². The monoisotopic (exact) mass is 362 g/mol. The molecule has 3 aromatic rings. The van der Waals surface area contributed by atoms with Crippen LogP contribution in [0, 0.1) is 0 Å². The molecule has 0 fully saturated rings. The van der Waals surface area contributed by atoms with Crippen LogP contribution in [0.4, 0.5) is 0 Å². The number of rotatable bonds is 5. The topological polar surface area (TPSA) is 60.3 Å². The minimum absolute atomic E-state index is 0.353. The Bertz CT molecular complexity index is 936. The Morgan fingerprint density at radius 2 is 2.07 bits per heavy atom. The number of nitrogens with zero attached hydrogens (tertiary/aromatic N) is 4. The Kier molecular flexibility index (Phi) is 4.98. The maximum atomic E-state index is 11.9. The van der Waals surface area contributed by atoms with E-state index in [0.29, 0.717) is 12.3 Å². The van der Waals surface area contributed by atoms with Gasteiger partial charge < -0.3 is 4.74 Å². The largest absolute Gasteiger partial charge is 0.461 e.